The maximum absolute atomic E-state index is 13.3. The maximum Gasteiger partial charge on any atom is 0.221 e. The number of aromatic hydroxyl groups is 1. The average molecular weight is 538 g/mol. The number of carbonyl (C=O) groups is 1. The van der Waals surface area contributed by atoms with E-state index in [-0.39, 0.29) is 17.4 Å². The predicted molar refractivity (Wildman–Crippen MR) is 160 cm³/mol. The molecule has 1 amide bonds. The zero-order chi connectivity index (χ0) is 27.7. The lowest BCUT2D eigenvalue weighted by atomic mass is 9.57. The number of phenolic OH excluding ortho intramolecular Hbond substituents is 1. The Labute approximate surface area is 239 Å². The van der Waals surface area contributed by atoms with Crippen molar-refractivity contribution in [3.05, 3.63) is 101 Å². The third-order valence-corrected chi connectivity index (χ3v) is 10.0. The van der Waals surface area contributed by atoms with Crippen LogP contribution in [0.15, 0.2) is 72.8 Å². The van der Waals surface area contributed by atoms with Gasteiger partial charge in [-0.15, -0.1) is 0 Å². The zero-order valence-corrected chi connectivity index (χ0v) is 24.0. The quantitative estimate of drug-likeness (QED) is 0.413. The van der Waals surface area contributed by atoms with Gasteiger partial charge in [0.2, 0.25) is 5.91 Å². The second-order valence-electron chi connectivity index (χ2n) is 12.6. The molecule has 2 heterocycles. The maximum atomic E-state index is 13.3. The summed E-state index contributed by atoms with van der Waals surface area (Å²) in [6.45, 7) is 9.27. The Morgan fingerprint density at radius 1 is 1.02 bits per heavy atom. The number of hydrogen-bond donors (Lipinski definition) is 2. The van der Waals surface area contributed by atoms with Gasteiger partial charge < -0.3 is 10.4 Å². The summed E-state index contributed by atoms with van der Waals surface area (Å²) in [5.74, 6) is 0.892. The van der Waals surface area contributed by atoms with Gasteiger partial charge in [0.15, 0.2) is 0 Å². The Hall–Kier alpha value is -3.15. The first-order chi connectivity index (χ1) is 19.4. The van der Waals surface area contributed by atoms with Crippen molar-refractivity contribution in [3.63, 3.8) is 0 Å². The van der Waals surface area contributed by atoms with Crippen LogP contribution in [0.5, 0.6) is 5.75 Å². The summed E-state index contributed by atoms with van der Waals surface area (Å²) >= 11 is 0. The Morgan fingerprint density at radius 3 is 2.65 bits per heavy atom. The van der Waals surface area contributed by atoms with E-state index in [9.17, 15) is 9.90 Å². The van der Waals surface area contributed by atoms with Gasteiger partial charge in [-0.2, -0.15) is 0 Å². The van der Waals surface area contributed by atoms with E-state index in [1.165, 1.54) is 27.8 Å². The molecule has 2 bridgehead atoms. The normalized spacial score (nSPS) is 26.7. The van der Waals surface area contributed by atoms with Gasteiger partial charge in [-0.25, -0.2) is 0 Å². The van der Waals surface area contributed by atoms with E-state index in [4.69, 9.17) is 0 Å². The largest absolute Gasteiger partial charge is 0.508 e. The summed E-state index contributed by atoms with van der Waals surface area (Å²) in [5, 5.41) is 13.9. The molecule has 1 aliphatic carbocycles. The van der Waals surface area contributed by atoms with Gasteiger partial charge >= 0.3 is 0 Å². The number of rotatable bonds is 7. The van der Waals surface area contributed by atoms with Crippen LogP contribution in [0.4, 0.5) is 0 Å². The van der Waals surface area contributed by atoms with Crippen LogP contribution in [0.2, 0.25) is 0 Å². The van der Waals surface area contributed by atoms with E-state index in [1.807, 2.05) is 12.1 Å². The molecule has 1 saturated heterocycles. The molecule has 6 rings (SSSR count). The van der Waals surface area contributed by atoms with Crippen LogP contribution in [-0.2, 0) is 29.7 Å². The summed E-state index contributed by atoms with van der Waals surface area (Å²) < 4.78 is 0. The van der Waals surface area contributed by atoms with Crippen molar-refractivity contribution in [1.29, 1.82) is 0 Å². The van der Waals surface area contributed by atoms with Crippen LogP contribution >= 0.6 is 0 Å². The third kappa shape index (κ3) is 5.55. The summed E-state index contributed by atoms with van der Waals surface area (Å²) in [5.41, 5.74) is 6.71. The lowest BCUT2D eigenvalue weighted by Crippen LogP contribution is -2.61. The number of benzene rings is 3. The lowest BCUT2D eigenvalue weighted by Gasteiger charge is -2.56. The second kappa shape index (κ2) is 11.4. The molecule has 2 aliphatic heterocycles. The number of likely N-dealkylation sites (tertiary alicyclic amines) is 1. The number of hydrogen-bond acceptors (Lipinski definition) is 4. The van der Waals surface area contributed by atoms with E-state index in [2.05, 4.69) is 83.6 Å². The SMILES string of the molecule is Cc1ccccc1CN1C[C@@H](C)[C@]2(c3cccc(O)c3)C[C@@H](NC(=O)CCN3CCc4ccccc4C3)C[C@H]1C2. The van der Waals surface area contributed by atoms with Crippen molar-refractivity contribution in [2.24, 2.45) is 5.92 Å². The molecule has 40 heavy (non-hydrogen) atoms. The third-order valence-electron chi connectivity index (χ3n) is 10.0. The molecule has 0 aromatic heterocycles. The van der Waals surface area contributed by atoms with Gasteiger partial charge in [0.05, 0.1) is 0 Å². The van der Waals surface area contributed by atoms with E-state index in [0.29, 0.717) is 24.1 Å². The molecule has 4 atom stereocenters. The topological polar surface area (TPSA) is 55.8 Å². The minimum absolute atomic E-state index is 0.0571. The Balaban J connectivity index is 1.17. The summed E-state index contributed by atoms with van der Waals surface area (Å²) in [6.07, 6.45) is 4.55. The first-order valence-electron chi connectivity index (χ1n) is 15.1. The number of carbonyl (C=O) groups excluding carboxylic acids is 1. The lowest BCUT2D eigenvalue weighted by molar-refractivity contribution is -0.123. The highest BCUT2D eigenvalue weighted by Crippen LogP contribution is 2.50. The molecule has 0 spiro atoms. The van der Waals surface area contributed by atoms with Gasteiger partial charge in [-0.05, 0) is 78.5 Å². The predicted octanol–water partition coefficient (Wildman–Crippen LogP) is 5.58. The average Bonchev–Trinajstić information content (AvgIpc) is 2.96. The fourth-order valence-electron chi connectivity index (χ4n) is 7.74. The van der Waals surface area contributed by atoms with Crippen molar-refractivity contribution < 1.29 is 9.90 Å². The van der Waals surface area contributed by atoms with Crippen LogP contribution in [0, 0.1) is 12.8 Å². The van der Waals surface area contributed by atoms with Crippen molar-refractivity contribution in [2.45, 2.75) is 76.5 Å². The molecule has 2 fully saturated rings. The molecule has 0 radical (unpaired) electrons. The van der Waals surface area contributed by atoms with Gasteiger partial charge in [0.25, 0.3) is 0 Å². The fourth-order valence-corrected chi connectivity index (χ4v) is 7.74. The second-order valence-corrected chi connectivity index (χ2v) is 12.6. The summed E-state index contributed by atoms with van der Waals surface area (Å²) in [4.78, 5) is 18.4. The molecule has 3 aromatic rings. The van der Waals surface area contributed by atoms with Gasteiger partial charge in [0.1, 0.15) is 5.75 Å². The number of fused-ring (bicyclic) bond motifs is 3. The smallest absolute Gasteiger partial charge is 0.221 e. The first-order valence-corrected chi connectivity index (χ1v) is 15.1. The monoisotopic (exact) mass is 537 g/mol. The molecular weight excluding hydrogens is 494 g/mol. The standard InChI is InChI=1S/C35H43N3O2/c1-25-8-3-4-10-28(25)24-38-22-26(2)35(30-12-7-13-33(39)18-30)20-31(19-32(38)21-35)36-34(40)15-17-37-16-14-27-9-5-6-11-29(27)23-37/h3-13,18,26,31-32,39H,14-17,19-24H2,1-2H3,(H,36,40)/t26-,31+,32+,35+/m1/s1. The van der Waals surface area contributed by atoms with Crippen LogP contribution in [0.1, 0.15) is 60.4 Å². The van der Waals surface area contributed by atoms with Crippen molar-refractivity contribution in [1.82, 2.24) is 15.1 Å². The zero-order valence-electron chi connectivity index (χ0n) is 24.0. The minimum atomic E-state index is -0.0571. The van der Waals surface area contributed by atoms with Crippen molar-refractivity contribution in [3.8, 4) is 5.75 Å². The van der Waals surface area contributed by atoms with Crippen LogP contribution in [0.3, 0.4) is 0 Å². The summed E-state index contributed by atoms with van der Waals surface area (Å²) in [6, 6.07) is 25.8. The van der Waals surface area contributed by atoms with Crippen LogP contribution < -0.4 is 5.32 Å². The van der Waals surface area contributed by atoms with E-state index >= 15 is 0 Å². The minimum Gasteiger partial charge on any atom is -0.508 e. The molecule has 210 valence electrons. The molecule has 1 saturated carbocycles. The molecule has 5 nitrogen and oxygen atoms in total. The molecule has 0 unspecified atom stereocenters. The highest BCUT2D eigenvalue weighted by Gasteiger charge is 2.51. The highest BCUT2D eigenvalue weighted by molar-refractivity contribution is 5.76. The number of amides is 1. The molecular formula is C35H43N3O2. The Morgan fingerprint density at radius 2 is 1.82 bits per heavy atom. The first kappa shape index (κ1) is 27.0. The van der Waals surface area contributed by atoms with Crippen molar-refractivity contribution in [2.75, 3.05) is 19.6 Å². The Kier molecular flexibility index (Phi) is 7.69. The highest BCUT2D eigenvalue weighted by atomic mass is 16.3. The number of aryl methyl sites for hydroxylation is 1. The fraction of sp³-hybridized carbons (Fsp3) is 0.457. The molecule has 3 aromatic carbocycles. The molecule has 3 aliphatic rings. The van der Waals surface area contributed by atoms with Crippen LogP contribution in [0.25, 0.3) is 0 Å². The van der Waals surface area contributed by atoms with E-state index < -0.39 is 0 Å². The molecule has 2 N–H and O–H groups in total. The van der Waals surface area contributed by atoms with E-state index in [1.54, 1.807) is 6.07 Å². The van der Waals surface area contributed by atoms with Gasteiger partial charge in [0, 0.05) is 56.6 Å². The Bertz CT molecular complexity index is 1360. The van der Waals surface area contributed by atoms with E-state index in [0.717, 1.165) is 58.4 Å². The number of phenols is 1. The number of nitrogens with one attached hydrogen (secondary N) is 1. The summed E-state index contributed by atoms with van der Waals surface area (Å²) in [7, 11) is 0. The van der Waals surface area contributed by atoms with Crippen LogP contribution in [-0.4, -0.2) is 52.5 Å². The van der Waals surface area contributed by atoms with Gasteiger partial charge in [-0.1, -0.05) is 67.6 Å². The number of nitrogens with zero attached hydrogens (tertiary/aromatic N) is 2. The van der Waals surface area contributed by atoms with Gasteiger partial charge in [-0.3, -0.25) is 14.6 Å². The molecule has 5 heteroatoms. The number of piperidine rings is 1. The van der Waals surface area contributed by atoms with Crippen molar-refractivity contribution >= 4 is 5.91 Å².